The van der Waals surface area contributed by atoms with E-state index in [-0.39, 0.29) is 18.3 Å². The molecule has 0 radical (unpaired) electrons. The smallest absolute Gasteiger partial charge is 0.315 e. The molecule has 1 rings (SSSR count). The van der Waals surface area contributed by atoms with E-state index in [0.29, 0.717) is 13.0 Å². The minimum Gasteiger partial charge on any atom is -0.355 e. The average molecular weight is 295 g/mol. The Morgan fingerprint density at radius 2 is 1.81 bits per heavy atom. The summed E-state index contributed by atoms with van der Waals surface area (Å²) in [6.45, 7) is 4.58. The molecule has 0 heterocycles. The number of likely N-dealkylation sites (N-methyl/N-ethyl adjacent to an activating group) is 1. The molecule has 0 spiro atoms. The molecule has 3 N–H and O–H groups in total. The maximum atomic E-state index is 12.8. The Balaban J connectivity index is 2.46. The highest BCUT2D eigenvalue weighted by Gasteiger charge is 2.18. The second-order valence-electron chi connectivity index (χ2n) is 4.69. The zero-order chi connectivity index (χ0) is 15.7. The van der Waals surface area contributed by atoms with Gasteiger partial charge in [0.05, 0.1) is 0 Å². The first-order chi connectivity index (χ1) is 10.1. The summed E-state index contributed by atoms with van der Waals surface area (Å²) in [4.78, 5) is 23.6. The topological polar surface area (TPSA) is 70.2 Å². The van der Waals surface area contributed by atoms with Gasteiger partial charge in [-0.1, -0.05) is 25.5 Å². The van der Waals surface area contributed by atoms with Gasteiger partial charge < -0.3 is 16.0 Å². The number of amides is 3. The first kappa shape index (κ1) is 16.9. The predicted molar refractivity (Wildman–Crippen MR) is 79.2 cm³/mol. The first-order valence-corrected chi connectivity index (χ1v) is 7.13. The fourth-order valence-corrected chi connectivity index (χ4v) is 1.85. The lowest BCUT2D eigenvalue weighted by Crippen LogP contribution is -2.49. The Kier molecular flexibility index (Phi) is 7.21. The van der Waals surface area contributed by atoms with Crippen molar-refractivity contribution in [1.29, 1.82) is 0 Å². The maximum absolute atomic E-state index is 12.8. The van der Waals surface area contributed by atoms with Crippen LogP contribution in [-0.2, 0) is 11.3 Å². The van der Waals surface area contributed by atoms with Gasteiger partial charge in [-0.2, -0.15) is 0 Å². The fraction of sp³-hybridized carbons (Fsp3) is 0.467. The van der Waals surface area contributed by atoms with E-state index in [1.165, 1.54) is 12.1 Å². The van der Waals surface area contributed by atoms with E-state index in [4.69, 9.17) is 0 Å². The molecule has 0 saturated carbocycles. The summed E-state index contributed by atoms with van der Waals surface area (Å²) in [5, 5.41) is 7.99. The summed E-state index contributed by atoms with van der Waals surface area (Å²) >= 11 is 0. The van der Waals surface area contributed by atoms with E-state index in [1.54, 1.807) is 12.1 Å². The van der Waals surface area contributed by atoms with Crippen LogP contribution in [0.2, 0.25) is 0 Å². The second-order valence-corrected chi connectivity index (χ2v) is 4.69. The van der Waals surface area contributed by atoms with Gasteiger partial charge >= 0.3 is 6.03 Å². The minimum atomic E-state index is -0.539. The van der Waals surface area contributed by atoms with Gasteiger partial charge in [-0.3, -0.25) is 4.79 Å². The van der Waals surface area contributed by atoms with Crippen molar-refractivity contribution < 1.29 is 14.0 Å². The van der Waals surface area contributed by atoms with Gasteiger partial charge in [0, 0.05) is 13.1 Å². The Bertz CT molecular complexity index is 462. The average Bonchev–Trinajstić information content (AvgIpc) is 2.46. The third kappa shape index (κ3) is 6.25. The molecule has 0 bridgehead atoms. The standard InChI is InChI=1S/C15H22FN3O2/c1-3-5-13(14(20)17-4-2)19-15(21)18-10-11-6-8-12(16)9-7-11/h6-9,13H,3-5,10H2,1-2H3,(H,17,20)(H2,18,19,21). The lowest BCUT2D eigenvalue weighted by molar-refractivity contribution is -0.123. The molecule has 0 aliphatic rings. The van der Waals surface area contributed by atoms with Crippen LogP contribution in [0.4, 0.5) is 9.18 Å². The molecule has 0 aromatic heterocycles. The Hall–Kier alpha value is -2.11. The number of urea groups is 1. The van der Waals surface area contributed by atoms with E-state index in [0.717, 1.165) is 12.0 Å². The van der Waals surface area contributed by atoms with Gasteiger partial charge in [0.15, 0.2) is 0 Å². The van der Waals surface area contributed by atoms with E-state index in [2.05, 4.69) is 16.0 Å². The van der Waals surface area contributed by atoms with Crippen LogP contribution in [0.5, 0.6) is 0 Å². The molecule has 0 saturated heterocycles. The summed E-state index contributed by atoms with van der Waals surface area (Å²) in [5.41, 5.74) is 0.789. The summed E-state index contributed by atoms with van der Waals surface area (Å²) in [6.07, 6.45) is 1.37. The number of rotatable bonds is 7. The third-order valence-electron chi connectivity index (χ3n) is 2.92. The van der Waals surface area contributed by atoms with Gasteiger partial charge in [-0.15, -0.1) is 0 Å². The molecule has 5 nitrogen and oxygen atoms in total. The van der Waals surface area contributed by atoms with Gasteiger partial charge in [0.2, 0.25) is 5.91 Å². The Morgan fingerprint density at radius 1 is 1.14 bits per heavy atom. The Morgan fingerprint density at radius 3 is 2.38 bits per heavy atom. The number of carbonyl (C=O) groups is 2. The van der Waals surface area contributed by atoms with Crippen LogP contribution in [0.15, 0.2) is 24.3 Å². The highest BCUT2D eigenvalue weighted by atomic mass is 19.1. The zero-order valence-corrected chi connectivity index (χ0v) is 12.4. The van der Waals surface area contributed by atoms with E-state index in [9.17, 15) is 14.0 Å². The van der Waals surface area contributed by atoms with Crippen LogP contribution >= 0.6 is 0 Å². The quantitative estimate of drug-likeness (QED) is 0.719. The van der Waals surface area contributed by atoms with Gasteiger partial charge in [-0.25, -0.2) is 9.18 Å². The summed E-state index contributed by atoms with van der Waals surface area (Å²) in [6, 6.07) is 4.92. The molecular formula is C15H22FN3O2. The van der Waals surface area contributed by atoms with Crippen LogP contribution in [0.3, 0.4) is 0 Å². The van der Waals surface area contributed by atoms with Crippen LogP contribution in [-0.4, -0.2) is 24.5 Å². The molecule has 1 unspecified atom stereocenters. The van der Waals surface area contributed by atoms with Crippen molar-refractivity contribution in [3.8, 4) is 0 Å². The number of carbonyl (C=O) groups excluding carboxylic acids is 2. The molecule has 0 fully saturated rings. The van der Waals surface area contributed by atoms with Crippen molar-refractivity contribution in [2.75, 3.05) is 6.54 Å². The van der Waals surface area contributed by atoms with Crippen LogP contribution < -0.4 is 16.0 Å². The van der Waals surface area contributed by atoms with E-state index >= 15 is 0 Å². The molecule has 1 aromatic rings. The largest absolute Gasteiger partial charge is 0.355 e. The van der Waals surface area contributed by atoms with Gasteiger partial charge in [-0.05, 0) is 31.0 Å². The molecule has 1 aromatic carbocycles. The molecule has 116 valence electrons. The van der Waals surface area contributed by atoms with Crippen LogP contribution in [0.25, 0.3) is 0 Å². The van der Waals surface area contributed by atoms with Crippen LogP contribution in [0, 0.1) is 5.82 Å². The lowest BCUT2D eigenvalue weighted by Gasteiger charge is -2.17. The van der Waals surface area contributed by atoms with Crippen molar-refractivity contribution in [3.05, 3.63) is 35.6 Å². The SMILES string of the molecule is CCCC(NC(=O)NCc1ccc(F)cc1)C(=O)NCC. The second kappa shape index (κ2) is 8.94. The fourth-order valence-electron chi connectivity index (χ4n) is 1.85. The molecule has 0 aliphatic carbocycles. The number of hydrogen-bond acceptors (Lipinski definition) is 2. The normalized spacial score (nSPS) is 11.6. The highest BCUT2D eigenvalue weighted by molar-refractivity contribution is 5.86. The summed E-state index contributed by atoms with van der Waals surface area (Å²) in [5.74, 6) is -0.501. The minimum absolute atomic E-state index is 0.184. The van der Waals surface area contributed by atoms with Crippen molar-refractivity contribution >= 4 is 11.9 Å². The molecule has 0 aliphatic heterocycles. The van der Waals surface area contributed by atoms with Gasteiger partial charge in [0.25, 0.3) is 0 Å². The van der Waals surface area contributed by atoms with E-state index < -0.39 is 12.1 Å². The van der Waals surface area contributed by atoms with Gasteiger partial charge in [0.1, 0.15) is 11.9 Å². The lowest BCUT2D eigenvalue weighted by atomic mass is 10.1. The number of halogens is 1. The predicted octanol–water partition coefficient (Wildman–Crippen LogP) is 1.93. The molecular weight excluding hydrogens is 273 g/mol. The molecule has 6 heteroatoms. The maximum Gasteiger partial charge on any atom is 0.315 e. The molecule has 1 atom stereocenters. The van der Waals surface area contributed by atoms with Crippen molar-refractivity contribution in [1.82, 2.24) is 16.0 Å². The Labute approximate surface area is 124 Å². The summed E-state index contributed by atoms with van der Waals surface area (Å²) < 4.78 is 12.8. The number of nitrogens with one attached hydrogen (secondary N) is 3. The monoisotopic (exact) mass is 295 g/mol. The third-order valence-corrected chi connectivity index (χ3v) is 2.92. The molecule has 3 amide bonds. The van der Waals surface area contributed by atoms with E-state index in [1.807, 2.05) is 13.8 Å². The number of benzene rings is 1. The highest BCUT2D eigenvalue weighted by Crippen LogP contribution is 2.02. The zero-order valence-electron chi connectivity index (χ0n) is 12.4. The van der Waals surface area contributed by atoms with Crippen molar-refractivity contribution in [2.45, 2.75) is 39.3 Å². The molecule has 21 heavy (non-hydrogen) atoms. The number of hydrogen-bond donors (Lipinski definition) is 3. The summed E-state index contributed by atoms with van der Waals surface area (Å²) in [7, 11) is 0. The van der Waals surface area contributed by atoms with Crippen molar-refractivity contribution in [2.24, 2.45) is 0 Å². The van der Waals surface area contributed by atoms with Crippen LogP contribution in [0.1, 0.15) is 32.3 Å². The first-order valence-electron chi connectivity index (χ1n) is 7.13. The van der Waals surface area contributed by atoms with Crippen molar-refractivity contribution in [3.63, 3.8) is 0 Å².